The van der Waals surface area contributed by atoms with E-state index in [1.807, 2.05) is 37.4 Å². The van der Waals surface area contributed by atoms with Crippen molar-refractivity contribution in [2.45, 2.75) is 31.5 Å². The zero-order valence-corrected chi connectivity index (χ0v) is 17.0. The molecule has 0 spiro atoms. The molecule has 1 N–H and O–H groups in total. The molecule has 0 aliphatic rings. The average Bonchev–Trinajstić information content (AvgIpc) is 3.15. The van der Waals surface area contributed by atoms with Crippen molar-refractivity contribution in [2.75, 3.05) is 12.9 Å². The normalized spacial score (nSPS) is 12.1. The lowest BCUT2D eigenvalue weighted by Gasteiger charge is -2.14. The predicted octanol–water partition coefficient (Wildman–Crippen LogP) is 3.46. The molecule has 0 aliphatic carbocycles. The molecule has 0 saturated carbocycles. The van der Waals surface area contributed by atoms with Gasteiger partial charge in [0.2, 0.25) is 5.91 Å². The number of carbonyl (C=O) groups excluding carboxylic acids is 1. The highest BCUT2D eigenvalue weighted by atomic mass is 32.2. The van der Waals surface area contributed by atoms with E-state index in [0.29, 0.717) is 26.8 Å². The molecule has 1 amide bonds. The van der Waals surface area contributed by atoms with Crippen LogP contribution in [0.4, 0.5) is 0 Å². The molecular weight excluding hydrogens is 382 g/mol. The molecule has 3 aromatic rings. The van der Waals surface area contributed by atoms with Gasteiger partial charge in [-0.1, -0.05) is 18.7 Å². The summed E-state index contributed by atoms with van der Waals surface area (Å²) in [7, 11) is 1.59. The van der Waals surface area contributed by atoms with Crippen LogP contribution in [0.15, 0.2) is 45.7 Å². The summed E-state index contributed by atoms with van der Waals surface area (Å²) in [6.07, 6.45) is 0.867. The molecule has 0 unspecified atom stereocenters. The fourth-order valence-electron chi connectivity index (χ4n) is 2.50. The lowest BCUT2D eigenvalue weighted by molar-refractivity contribution is -0.119. The van der Waals surface area contributed by atoms with Gasteiger partial charge in [0.1, 0.15) is 10.4 Å². The van der Waals surface area contributed by atoms with Gasteiger partial charge in [-0.25, -0.2) is 4.98 Å². The quantitative estimate of drug-likeness (QED) is 0.483. The summed E-state index contributed by atoms with van der Waals surface area (Å²) in [6, 6.07) is 9.15. The molecule has 0 fully saturated rings. The van der Waals surface area contributed by atoms with Gasteiger partial charge in [-0.3, -0.25) is 14.2 Å². The molecular formula is C19H21N3O3S2. The number of thioether (sulfide) groups is 1. The molecule has 0 saturated heterocycles. The van der Waals surface area contributed by atoms with Crippen LogP contribution in [0.2, 0.25) is 0 Å². The molecule has 0 aliphatic heterocycles. The number of hydrogen-bond acceptors (Lipinski definition) is 6. The maximum Gasteiger partial charge on any atom is 0.276 e. The molecule has 8 heteroatoms. The molecule has 142 valence electrons. The molecule has 27 heavy (non-hydrogen) atoms. The monoisotopic (exact) mass is 403 g/mol. The van der Waals surface area contributed by atoms with Gasteiger partial charge in [-0.05, 0) is 49.1 Å². The van der Waals surface area contributed by atoms with Gasteiger partial charge in [0, 0.05) is 6.04 Å². The third-order valence-corrected chi connectivity index (χ3v) is 5.96. The van der Waals surface area contributed by atoms with E-state index in [9.17, 15) is 9.59 Å². The van der Waals surface area contributed by atoms with Crippen molar-refractivity contribution >= 4 is 39.2 Å². The highest BCUT2D eigenvalue weighted by molar-refractivity contribution is 7.99. The number of carbonyl (C=O) groups is 1. The third-order valence-electron chi connectivity index (χ3n) is 4.13. The molecule has 0 radical (unpaired) electrons. The summed E-state index contributed by atoms with van der Waals surface area (Å²) in [4.78, 5) is 29.8. The minimum atomic E-state index is -0.134. The van der Waals surface area contributed by atoms with Gasteiger partial charge in [0.15, 0.2) is 5.16 Å². The van der Waals surface area contributed by atoms with Crippen molar-refractivity contribution in [1.82, 2.24) is 14.9 Å². The molecule has 0 bridgehead atoms. The summed E-state index contributed by atoms with van der Waals surface area (Å²) in [5.41, 5.74) is 1.21. The van der Waals surface area contributed by atoms with Crippen LogP contribution < -0.4 is 15.6 Å². The van der Waals surface area contributed by atoms with Crippen LogP contribution in [0.1, 0.15) is 20.3 Å². The number of nitrogens with zero attached hydrogens (tertiary/aromatic N) is 2. The smallest absolute Gasteiger partial charge is 0.276 e. The van der Waals surface area contributed by atoms with Crippen LogP contribution in [0.3, 0.4) is 0 Å². The maximum absolute atomic E-state index is 13.0. The fourth-order valence-corrected chi connectivity index (χ4v) is 4.08. The second-order valence-corrected chi connectivity index (χ2v) is 7.89. The number of ether oxygens (including phenoxy) is 1. The van der Waals surface area contributed by atoms with Gasteiger partial charge in [0.25, 0.3) is 5.56 Å². The first-order chi connectivity index (χ1) is 13.0. The Hall–Kier alpha value is -2.32. The molecule has 1 atom stereocenters. The van der Waals surface area contributed by atoms with E-state index < -0.39 is 0 Å². The van der Waals surface area contributed by atoms with Crippen molar-refractivity contribution in [2.24, 2.45) is 0 Å². The number of rotatable bonds is 7. The van der Waals surface area contributed by atoms with Gasteiger partial charge >= 0.3 is 0 Å². The van der Waals surface area contributed by atoms with Crippen LogP contribution in [0.25, 0.3) is 15.9 Å². The van der Waals surface area contributed by atoms with Gasteiger partial charge < -0.3 is 10.1 Å². The van der Waals surface area contributed by atoms with Crippen LogP contribution in [0, 0.1) is 0 Å². The van der Waals surface area contributed by atoms with E-state index in [1.165, 1.54) is 23.1 Å². The van der Waals surface area contributed by atoms with E-state index in [-0.39, 0.29) is 23.3 Å². The Balaban J connectivity index is 1.97. The first-order valence-electron chi connectivity index (χ1n) is 8.60. The number of aromatic nitrogens is 2. The summed E-state index contributed by atoms with van der Waals surface area (Å²) < 4.78 is 7.34. The minimum Gasteiger partial charge on any atom is -0.497 e. The standard InChI is InChI=1S/C19H21N3O3S2/c1-4-12(2)20-16(23)11-27-19-21-15-9-10-26-17(15)18(24)22(19)13-5-7-14(25-3)8-6-13/h5-10,12H,4,11H2,1-3H3,(H,20,23)/t12-/m0/s1. The molecule has 3 rings (SSSR count). The van der Waals surface area contributed by atoms with Gasteiger partial charge in [-0.15, -0.1) is 11.3 Å². The number of fused-ring (bicyclic) bond motifs is 1. The second kappa shape index (κ2) is 8.58. The van der Waals surface area contributed by atoms with E-state index in [1.54, 1.807) is 23.8 Å². The molecule has 2 heterocycles. The topological polar surface area (TPSA) is 73.2 Å². The van der Waals surface area contributed by atoms with Crippen LogP contribution in [0.5, 0.6) is 5.75 Å². The van der Waals surface area contributed by atoms with Gasteiger partial charge in [-0.2, -0.15) is 0 Å². The number of nitrogens with one attached hydrogen (secondary N) is 1. The van der Waals surface area contributed by atoms with Gasteiger partial charge in [0.05, 0.1) is 24.1 Å². The lowest BCUT2D eigenvalue weighted by Crippen LogP contribution is -2.33. The highest BCUT2D eigenvalue weighted by Gasteiger charge is 2.16. The second-order valence-electron chi connectivity index (χ2n) is 6.03. The third kappa shape index (κ3) is 4.33. The maximum atomic E-state index is 13.0. The van der Waals surface area contributed by atoms with Crippen molar-refractivity contribution in [1.29, 1.82) is 0 Å². The van der Waals surface area contributed by atoms with Crippen LogP contribution in [-0.4, -0.2) is 34.4 Å². The number of benzene rings is 1. The van der Waals surface area contributed by atoms with Crippen molar-refractivity contribution in [3.63, 3.8) is 0 Å². The summed E-state index contributed by atoms with van der Waals surface area (Å²) in [5.74, 6) is 0.831. The number of thiophene rings is 1. The molecule has 1 aromatic carbocycles. The predicted molar refractivity (Wildman–Crippen MR) is 110 cm³/mol. The lowest BCUT2D eigenvalue weighted by atomic mass is 10.3. The van der Waals surface area contributed by atoms with E-state index in [0.717, 1.165) is 6.42 Å². The summed E-state index contributed by atoms with van der Waals surface area (Å²) >= 11 is 2.62. The zero-order chi connectivity index (χ0) is 19.4. The van der Waals surface area contributed by atoms with Crippen LogP contribution in [-0.2, 0) is 4.79 Å². The zero-order valence-electron chi connectivity index (χ0n) is 15.4. The summed E-state index contributed by atoms with van der Waals surface area (Å²) in [5, 5.41) is 5.28. The number of hydrogen-bond donors (Lipinski definition) is 1. The fraction of sp³-hybridized carbons (Fsp3) is 0.316. The van der Waals surface area contributed by atoms with E-state index in [4.69, 9.17) is 4.74 Å². The number of methoxy groups -OCH3 is 1. The minimum absolute atomic E-state index is 0.0738. The Kier molecular flexibility index (Phi) is 6.18. The SMILES string of the molecule is CC[C@H](C)NC(=O)CSc1nc2ccsc2c(=O)n1-c1ccc(OC)cc1. The Morgan fingerprint density at radius 3 is 2.74 bits per heavy atom. The Morgan fingerprint density at radius 1 is 1.33 bits per heavy atom. The highest BCUT2D eigenvalue weighted by Crippen LogP contribution is 2.24. The van der Waals surface area contributed by atoms with Crippen molar-refractivity contribution in [3.8, 4) is 11.4 Å². The van der Waals surface area contributed by atoms with E-state index in [2.05, 4.69) is 10.3 Å². The average molecular weight is 404 g/mol. The number of amides is 1. The first-order valence-corrected chi connectivity index (χ1v) is 10.5. The largest absolute Gasteiger partial charge is 0.497 e. The summed E-state index contributed by atoms with van der Waals surface area (Å²) in [6.45, 7) is 3.98. The molecule has 6 nitrogen and oxygen atoms in total. The Morgan fingerprint density at radius 2 is 2.07 bits per heavy atom. The van der Waals surface area contributed by atoms with Crippen molar-refractivity contribution < 1.29 is 9.53 Å². The Labute approximate surface area is 165 Å². The Bertz CT molecular complexity index is 996. The molecule has 2 aromatic heterocycles. The van der Waals surface area contributed by atoms with E-state index >= 15 is 0 Å². The first kappa shape index (κ1) is 19.4. The van der Waals surface area contributed by atoms with Crippen LogP contribution >= 0.6 is 23.1 Å². The van der Waals surface area contributed by atoms with Crippen molar-refractivity contribution in [3.05, 3.63) is 46.1 Å².